The topological polar surface area (TPSA) is 61.6 Å². The lowest BCUT2D eigenvalue weighted by molar-refractivity contribution is -0.144. The summed E-state index contributed by atoms with van der Waals surface area (Å²) in [6, 6.07) is 7.30. The van der Waals surface area contributed by atoms with Crippen molar-refractivity contribution in [2.45, 2.75) is 6.18 Å². The van der Waals surface area contributed by atoms with Gasteiger partial charge < -0.3 is 5.32 Å². The van der Waals surface area contributed by atoms with E-state index in [0.717, 1.165) is 6.07 Å². The third-order valence-corrected chi connectivity index (χ3v) is 2.83. The van der Waals surface area contributed by atoms with Crippen LogP contribution in [0.1, 0.15) is 11.4 Å². The Bertz CT molecular complexity index is 725. The molecule has 0 unspecified atom stereocenters. The largest absolute Gasteiger partial charge is 0.451 e. The third kappa shape index (κ3) is 3.74. The first kappa shape index (κ1) is 15.4. The van der Waals surface area contributed by atoms with Gasteiger partial charge in [-0.25, -0.2) is 9.97 Å². The Hall–Kier alpha value is -2.04. The average molecular weight is 333 g/mol. The Kier molecular flexibility index (Phi) is 4.21. The van der Waals surface area contributed by atoms with Crippen LogP contribution in [0.5, 0.6) is 0 Å². The molecule has 0 radical (unpaired) electrons. The van der Waals surface area contributed by atoms with Crippen LogP contribution >= 0.6 is 23.2 Å². The average Bonchev–Trinajstić information content (AvgIpc) is 2.39. The molecule has 0 aliphatic carbocycles. The molecule has 0 fully saturated rings. The quantitative estimate of drug-likeness (QED) is 0.827. The van der Waals surface area contributed by atoms with Crippen LogP contribution in [-0.2, 0) is 6.18 Å². The molecule has 1 aromatic heterocycles. The van der Waals surface area contributed by atoms with E-state index in [1.807, 2.05) is 6.07 Å². The molecular formula is C12H5Cl2F3N4. The Balaban J connectivity index is 2.41. The van der Waals surface area contributed by atoms with Crippen molar-refractivity contribution in [2.24, 2.45) is 0 Å². The predicted molar refractivity (Wildman–Crippen MR) is 71.5 cm³/mol. The molecule has 1 N–H and O–H groups in total. The number of hydrogen-bond acceptors (Lipinski definition) is 4. The summed E-state index contributed by atoms with van der Waals surface area (Å²) in [6.07, 6.45) is -4.72. The van der Waals surface area contributed by atoms with Crippen molar-refractivity contribution < 1.29 is 13.2 Å². The smallest absolute Gasteiger partial charge is 0.339 e. The van der Waals surface area contributed by atoms with Crippen molar-refractivity contribution in [3.8, 4) is 6.07 Å². The molecule has 4 nitrogen and oxygen atoms in total. The second-order valence-electron chi connectivity index (χ2n) is 3.83. The summed E-state index contributed by atoms with van der Waals surface area (Å²) in [7, 11) is 0. The zero-order chi connectivity index (χ0) is 15.6. The fourth-order valence-corrected chi connectivity index (χ4v) is 1.79. The van der Waals surface area contributed by atoms with E-state index in [2.05, 4.69) is 15.3 Å². The standard InChI is InChI=1S/C12H5Cl2F3N4/c13-7-2-1-6(5-18)3-8(7)19-10-4-9(14)20-11(21-10)12(15,16)17/h1-4H,(H,19,20,21). The highest BCUT2D eigenvalue weighted by Crippen LogP contribution is 2.30. The fraction of sp³-hybridized carbons (Fsp3) is 0.0833. The van der Waals surface area contributed by atoms with Gasteiger partial charge in [0.05, 0.1) is 22.3 Å². The van der Waals surface area contributed by atoms with Crippen molar-refractivity contribution in [3.05, 3.63) is 45.8 Å². The second kappa shape index (κ2) is 5.76. The molecule has 0 spiro atoms. The molecule has 0 saturated heterocycles. The van der Waals surface area contributed by atoms with Crippen LogP contribution in [0.4, 0.5) is 24.7 Å². The Morgan fingerprint density at radius 1 is 1.14 bits per heavy atom. The number of halogens is 5. The van der Waals surface area contributed by atoms with E-state index in [1.54, 1.807) is 0 Å². The number of nitrogens with one attached hydrogen (secondary N) is 1. The lowest BCUT2D eigenvalue weighted by atomic mass is 10.2. The summed E-state index contributed by atoms with van der Waals surface area (Å²) < 4.78 is 37.8. The Labute approximate surface area is 127 Å². The number of hydrogen-bond donors (Lipinski definition) is 1. The summed E-state index contributed by atoms with van der Waals surface area (Å²) >= 11 is 11.4. The van der Waals surface area contributed by atoms with Gasteiger partial charge in [0, 0.05) is 6.07 Å². The Morgan fingerprint density at radius 2 is 1.86 bits per heavy atom. The maximum absolute atomic E-state index is 12.6. The Morgan fingerprint density at radius 3 is 2.48 bits per heavy atom. The SMILES string of the molecule is N#Cc1ccc(Cl)c(Nc2cc(Cl)nc(C(F)(F)F)n2)c1. The summed E-state index contributed by atoms with van der Waals surface area (Å²) in [6.45, 7) is 0. The normalized spacial score (nSPS) is 11.0. The van der Waals surface area contributed by atoms with Crippen LogP contribution in [0, 0.1) is 11.3 Å². The predicted octanol–water partition coefficient (Wildman–Crippen LogP) is 4.42. The number of aromatic nitrogens is 2. The van der Waals surface area contributed by atoms with Gasteiger partial charge >= 0.3 is 6.18 Å². The molecule has 0 aliphatic rings. The molecule has 0 amide bonds. The van der Waals surface area contributed by atoms with Crippen molar-refractivity contribution in [1.82, 2.24) is 9.97 Å². The minimum atomic E-state index is -4.72. The molecule has 108 valence electrons. The minimum absolute atomic E-state index is 0.181. The third-order valence-electron chi connectivity index (χ3n) is 2.31. The van der Waals surface area contributed by atoms with Crippen LogP contribution in [0.15, 0.2) is 24.3 Å². The molecule has 2 rings (SSSR count). The van der Waals surface area contributed by atoms with Crippen LogP contribution in [0.25, 0.3) is 0 Å². The second-order valence-corrected chi connectivity index (χ2v) is 4.62. The molecule has 9 heteroatoms. The number of anilines is 2. The minimum Gasteiger partial charge on any atom is -0.339 e. The van der Waals surface area contributed by atoms with Crippen molar-refractivity contribution in [2.75, 3.05) is 5.32 Å². The summed E-state index contributed by atoms with van der Waals surface area (Å²) in [5.41, 5.74) is 0.525. The molecule has 1 aromatic carbocycles. The maximum atomic E-state index is 12.6. The van der Waals surface area contributed by atoms with E-state index in [1.165, 1.54) is 18.2 Å². The van der Waals surface area contributed by atoms with Gasteiger partial charge in [0.15, 0.2) is 0 Å². The van der Waals surface area contributed by atoms with Gasteiger partial charge in [-0.3, -0.25) is 0 Å². The summed E-state index contributed by atoms with van der Waals surface area (Å²) in [4.78, 5) is 6.43. The number of nitriles is 1. The monoisotopic (exact) mass is 332 g/mol. The van der Waals surface area contributed by atoms with Gasteiger partial charge in [0.25, 0.3) is 0 Å². The maximum Gasteiger partial charge on any atom is 0.451 e. The molecular weight excluding hydrogens is 328 g/mol. The molecule has 0 bridgehead atoms. The fourth-order valence-electron chi connectivity index (χ4n) is 1.44. The first-order chi connectivity index (χ1) is 9.79. The van der Waals surface area contributed by atoms with Gasteiger partial charge in [-0.15, -0.1) is 0 Å². The highest BCUT2D eigenvalue weighted by molar-refractivity contribution is 6.33. The first-order valence-electron chi connectivity index (χ1n) is 5.38. The molecule has 0 aliphatic heterocycles. The highest BCUT2D eigenvalue weighted by Gasteiger charge is 2.35. The van der Waals surface area contributed by atoms with Crippen LogP contribution in [-0.4, -0.2) is 9.97 Å². The summed E-state index contributed by atoms with van der Waals surface area (Å²) in [5, 5.41) is 11.2. The zero-order valence-corrected chi connectivity index (χ0v) is 11.6. The van der Waals surface area contributed by atoms with E-state index >= 15 is 0 Å². The van der Waals surface area contributed by atoms with Gasteiger partial charge in [-0.1, -0.05) is 23.2 Å². The number of rotatable bonds is 2. The van der Waals surface area contributed by atoms with Crippen LogP contribution in [0.3, 0.4) is 0 Å². The van der Waals surface area contributed by atoms with Gasteiger partial charge in [-0.2, -0.15) is 18.4 Å². The van der Waals surface area contributed by atoms with E-state index in [-0.39, 0.29) is 27.2 Å². The molecule has 1 heterocycles. The molecule has 2 aromatic rings. The van der Waals surface area contributed by atoms with E-state index in [9.17, 15) is 13.2 Å². The van der Waals surface area contributed by atoms with Crippen LogP contribution in [0.2, 0.25) is 10.2 Å². The molecule has 0 atom stereocenters. The summed E-state index contributed by atoms with van der Waals surface area (Å²) in [5.74, 6) is -1.55. The van der Waals surface area contributed by atoms with E-state index < -0.39 is 12.0 Å². The molecule has 21 heavy (non-hydrogen) atoms. The van der Waals surface area contributed by atoms with E-state index in [4.69, 9.17) is 28.5 Å². The van der Waals surface area contributed by atoms with Crippen molar-refractivity contribution >= 4 is 34.7 Å². The first-order valence-corrected chi connectivity index (χ1v) is 6.13. The number of nitrogens with zero attached hydrogens (tertiary/aromatic N) is 3. The lowest BCUT2D eigenvalue weighted by Gasteiger charge is -2.11. The van der Waals surface area contributed by atoms with Crippen LogP contribution < -0.4 is 5.32 Å². The lowest BCUT2D eigenvalue weighted by Crippen LogP contribution is -2.12. The number of alkyl halides is 3. The zero-order valence-electron chi connectivity index (χ0n) is 10.0. The van der Waals surface area contributed by atoms with Gasteiger partial charge in [0.1, 0.15) is 11.0 Å². The number of benzene rings is 1. The van der Waals surface area contributed by atoms with E-state index in [0.29, 0.717) is 0 Å². The molecule has 0 saturated carbocycles. The highest BCUT2D eigenvalue weighted by atomic mass is 35.5. The van der Waals surface area contributed by atoms with Gasteiger partial charge in [0.2, 0.25) is 5.82 Å². The van der Waals surface area contributed by atoms with Crippen molar-refractivity contribution in [1.29, 1.82) is 5.26 Å². The van der Waals surface area contributed by atoms with Gasteiger partial charge in [-0.05, 0) is 18.2 Å². The van der Waals surface area contributed by atoms with Crippen molar-refractivity contribution in [3.63, 3.8) is 0 Å².